The van der Waals surface area contributed by atoms with E-state index in [1.54, 1.807) is 0 Å². The maximum absolute atomic E-state index is 6.19. The van der Waals surface area contributed by atoms with Gasteiger partial charge in [-0.3, -0.25) is 0 Å². The molecule has 18 heavy (non-hydrogen) atoms. The zero-order valence-corrected chi connectivity index (χ0v) is 12.3. The van der Waals surface area contributed by atoms with E-state index < -0.39 is 0 Å². The Morgan fingerprint density at radius 2 is 1.94 bits per heavy atom. The van der Waals surface area contributed by atoms with Crippen molar-refractivity contribution in [3.05, 3.63) is 45.7 Å². The minimum absolute atomic E-state index is 0.384. The molecule has 2 aromatic rings. The Morgan fingerprint density at radius 3 is 2.50 bits per heavy atom. The van der Waals surface area contributed by atoms with Crippen LogP contribution < -0.4 is 0 Å². The van der Waals surface area contributed by atoms with Crippen molar-refractivity contribution >= 4 is 23.2 Å². The second-order valence-corrected chi connectivity index (χ2v) is 4.96. The number of hydrogen-bond donors (Lipinski definition) is 0. The van der Waals surface area contributed by atoms with Crippen molar-refractivity contribution in [1.29, 1.82) is 0 Å². The first kappa shape index (κ1) is 13.4. The maximum atomic E-state index is 6.19. The molecule has 1 aromatic heterocycles. The molecule has 1 heterocycles. The van der Waals surface area contributed by atoms with Crippen molar-refractivity contribution in [2.45, 2.75) is 33.1 Å². The quantitative estimate of drug-likeness (QED) is 0.761. The Labute approximate surface area is 118 Å². The molecule has 0 bridgehead atoms. The normalized spacial score (nSPS) is 10.9. The van der Waals surface area contributed by atoms with Gasteiger partial charge in [0.1, 0.15) is 0 Å². The average Bonchev–Trinajstić information content (AvgIpc) is 2.64. The van der Waals surface area contributed by atoms with Gasteiger partial charge in [0, 0.05) is 16.3 Å². The Morgan fingerprint density at radius 1 is 1.22 bits per heavy atom. The molecule has 1 aromatic carbocycles. The van der Waals surface area contributed by atoms with E-state index in [4.69, 9.17) is 23.2 Å². The van der Waals surface area contributed by atoms with Gasteiger partial charge in [0.25, 0.3) is 0 Å². The fraction of sp³-hybridized carbons (Fsp3) is 0.357. The highest BCUT2D eigenvalue weighted by atomic mass is 35.5. The van der Waals surface area contributed by atoms with Crippen molar-refractivity contribution in [1.82, 2.24) is 9.78 Å². The summed E-state index contributed by atoms with van der Waals surface area (Å²) in [6.45, 7) is 6.26. The van der Waals surface area contributed by atoms with Gasteiger partial charge in [0.15, 0.2) is 0 Å². The zero-order valence-electron chi connectivity index (χ0n) is 10.8. The molecule has 0 unspecified atom stereocenters. The summed E-state index contributed by atoms with van der Waals surface area (Å²) in [5.41, 5.74) is 5.40. The standard InChI is InChI=1S/C14H16Cl2N2/c1-4-11-9(2)17-18(10(11)3)14-7-5-6-13(16)12(14)8-15/h5-7H,4,8H2,1-3H3. The van der Waals surface area contributed by atoms with E-state index in [2.05, 4.69) is 18.9 Å². The summed E-state index contributed by atoms with van der Waals surface area (Å²) < 4.78 is 1.94. The van der Waals surface area contributed by atoms with E-state index in [0.29, 0.717) is 10.9 Å². The van der Waals surface area contributed by atoms with Gasteiger partial charge in [0.2, 0.25) is 0 Å². The predicted molar refractivity (Wildman–Crippen MR) is 77.0 cm³/mol. The first-order valence-electron chi connectivity index (χ1n) is 5.99. The van der Waals surface area contributed by atoms with Crippen LogP contribution in [-0.4, -0.2) is 9.78 Å². The van der Waals surface area contributed by atoms with Crippen molar-refractivity contribution < 1.29 is 0 Å². The summed E-state index contributed by atoms with van der Waals surface area (Å²) >= 11 is 12.2. The SMILES string of the molecule is CCc1c(C)nn(-c2cccc(Cl)c2CCl)c1C. The van der Waals surface area contributed by atoms with E-state index in [9.17, 15) is 0 Å². The summed E-state index contributed by atoms with van der Waals surface area (Å²) in [5, 5.41) is 5.29. The third kappa shape index (κ3) is 2.15. The lowest BCUT2D eigenvalue weighted by Gasteiger charge is -2.11. The lowest BCUT2D eigenvalue weighted by atomic mass is 10.1. The molecule has 0 atom stereocenters. The maximum Gasteiger partial charge on any atom is 0.0707 e. The van der Waals surface area contributed by atoms with Crippen molar-refractivity contribution in [2.75, 3.05) is 0 Å². The molecule has 0 N–H and O–H groups in total. The Bertz CT molecular complexity index is 573. The van der Waals surface area contributed by atoms with Gasteiger partial charge in [-0.1, -0.05) is 24.6 Å². The second-order valence-electron chi connectivity index (χ2n) is 4.29. The summed E-state index contributed by atoms with van der Waals surface area (Å²) in [4.78, 5) is 0. The summed E-state index contributed by atoms with van der Waals surface area (Å²) in [7, 11) is 0. The lowest BCUT2D eigenvalue weighted by Crippen LogP contribution is -2.03. The van der Waals surface area contributed by atoms with Gasteiger partial charge < -0.3 is 0 Å². The summed E-state index contributed by atoms with van der Waals surface area (Å²) in [6.07, 6.45) is 0.981. The minimum Gasteiger partial charge on any atom is -0.237 e. The van der Waals surface area contributed by atoms with Crippen molar-refractivity contribution in [3.63, 3.8) is 0 Å². The monoisotopic (exact) mass is 282 g/mol. The molecule has 0 aliphatic heterocycles. The number of halogens is 2. The molecule has 0 saturated carbocycles. The molecule has 0 amide bonds. The highest BCUT2D eigenvalue weighted by Gasteiger charge is 2.14. The molecule has 2 nitrogen and oxygen atoms in total. The van der Waals surface area contributed by atoms with E-state index >= 15 is 0 Å². The minimum atomic E-state index is 0.384. The molecule has 4 heteroatoms. The van der Waals surface area contributed by atoms with Gasteiger partial charge in [-0.15, -0.1) is 11.6 Å². The first-order valence-corrected chi connectivity index (χ1v) is 6.90. The van der Waals surface area contributed by atoms with Gasteiger partial charge in [-0.05, 0) is 38.0 Å². The fourth-order valence-corrected chi connectivity index (χ4v) is 2.88. The van der Waals surface area contributed by atoms with E-state index in [-0.39, 0.29) is 0 Å². The Kier molecular flexibility index (Phi) is 3.98. The topological polar surface area (TPSA) is 17.8 Å². The van der Waals surface area contributed by atoms with Crippen molar-refractivity contribution in [2.24, 2.45) is 0 Å². The van der Waals surface area contributed by atoms with Crippen LogP contribution in [0.4, 0.5) is 0 Å². The average molecular weight is 283 g/mol. The highest BCUT2D eigenvalue weighted by molar-refractivity contribution is 6.32. The molecular weight excluding hydrogens is 267 g/mol. The van der Waals surface area contributed by atoms with E-state index in [0.717, 1.165) is 29.1 Å². The number of benzene rings is 1. The van der Waals surface area contributed by atoms with Crippen LogP contribution in [0.3, 0.4) is 0 Å². The molecule has 0 aliphatic carbocycles. The van der Waals surface area contributed by atoms with Crippen LogP contribution in [0.1, 0.15) is 29.4 Å². The van der Waals surface area contributed by atoms with Crippen LogP contribution in [0.2, 0.25) is 5.02 Å². The summed E-state index contributed by atoms with van der Waals surface area (Å²) in [6, 6.07) is 5.79. The lowest BCUT2D eigenvalue weighted by molar-refractivity contribution is 0.825. The number of aromatic nitrogens is 2. The Balaban J connectivity index is 2.66. The predicted octanol–water partition coefficient (Wildman–Crippen LogP) is 4.44. The van der Waals surface area contributed by atoms with E-state index in [1.807, 2.05) is 29.8 Å². The number of nitrogens with zero attached hydrogens (tertiary/aromatic N) is 2. The van der Waals surface area contributed by atoms with Gasteiger partial charge in [-0.25, -0.2) is 4.68 Å². The molecule has 0 fully saturated rings. The largest absolute Gasteiger partial charge is 0.237 e. The second kappa shape index (κ2) is 5.33. The summed E-state index contributed by atoms with van der Waals surface area (Å²) in [5.74, 6) is 0.384. The first-order chi connectivity index (χ1) is 8.60. The van der Waals surface area contributed by atoms with Gasteiger partial charge >= 0.3 is 0 Å². The third-order valence-corrected chi connectivity index (χ3v) is 3.87. The van der Waals surface area contributed by atoms with E-state index in [1.165, 1.54) is 5.56 Å². The van der Waals surface area contributed by atoms with Crippen LogP contribution >= 0.6 is 23.2 Å². The molecule has 0 saturated heterocycles. The highest BCUT2D eigenvalue weighted by Crippen LogP contribution is 2.27. The van der Waals surface area contributed by atoms with Gasteiger partial charge in [0.05, 0.1) is 17.3 Å². The smallest absolute Gasteiger partial charge is 0.0707 e. The van der Waals surface area contributed by atoms with Crippen LogP contribution in [-0.2, 0) is 12.3 Å². The number of alkyl halides is 1. The molecule has 96 valence electrons. The number of hydrogen-bond acceptors (Lipinski definition) is 1. The fourth-order valence-electron chi connectivity index (χ4n) is 2.30. The zero-order chi connectivity index (χ0) is 13.3. The number of rotatable bonds is 3. The number of aryl methyl sites for hydroxylation is 1. The van der Waals surface area contributed by atoms with Crippen LogP contribution in [0.5, 0.6) is 0 Å². The molecule has 0 radical (unpaired) electrons. The van der Waals surface area contributed by atoms with Crippen LogP contribution in [0.25, 0.3) is 5.69 Å². The Hall–Kier alpha value is -0.990. The van der Waals surface area contributed by atoms with Gasteiger partial charge in [-0.2, -0.15) is 5.10 Å². The van der Waals surface area contributed by atoms with Crippen LogP contribution in [0, 0.1) is 13.8 Å². The molecule has 2 rings (SSSR count). The third-order valence-electron chi connectivity index (χ3n) is 3.25. The van der Waals surface area contributed by atoms with Crippen LogP contribution in [0.15, 0.2) is 18.2 Å². The molecule has 0 aliphatic rings. The van der Waals surface area contributed by atoms with Crippen molar-refractivity contribution in [3.8, 4) is 5.69 Å². The molecular formula is C14H16Cl2N2. The molecule has 0 spiro atoms.